The third kappa shape index (κ3) is 6.36. The summed E-state index contributed by atoms with van der Waals surface area (Å²) in [5.74, 6) is 0.218. The van der Waals surface area contributed by atoms with Crippen molar-refractivity contribution in [3.05, 3.63) is 0 Å². The maximum atomic E-state index is 12.5. The number of rotatable bonds is 8. The van der Waals surface area contributed by atoms with Gasteiger partial charge in [-0.2, -0.15) is 0 Å². The van der Waals surface area contributed by atoms with Crippen LogP contribution < -0.4 is 5.32 Å². The van der Waals surface area contributed by atoms with E-state index in [4.69, 9.17) is 9.47 Å². The molecule has 1 atom stereocenters. The number of ether oxygens (including phenoxy) is 2. The van der Waals surface area contributed by atoms with Gasteiger partial charge in [0.2, 0.25) is 5.91 Å². The van der Waals surface area contributed by atoms with Crippen molar-refractivity contribution in [2.45, 2.75) is 38.1 Å². The van der Waals surface area contributed by atoms with Crippen LogP contribution in [0.5, 0.6) is 0 Å². The second kappa shape index (κ2) is 10.2. The third-order valence-corrected chi connectivity index (χ3v) is 3.51. The monoisotopic (exact) mass is 272 g/mol. The van der Waals surface area contributed by atoms with Gasteiger partial charge in [0.1, 0.15) is 0 Å². The molecule has 0 aliphatic carbocycles. The summed E-state index contributed by atoms with van der Waals surface area (Å²) in [5, 5.41) is 3.37. The molecular weight excluding hydrogens is 244 g/mol. The van der Waals surface area contributed by atoms with Gasteiger partial charge in [-0.05, 0) is 25.8 Å². The lowest BCUT2D eigenvalue weighted by Gasteiger charge is -2.27. The Morgan fingerprint density at radius 1 is 1.16 bits per heavy atom. The highest BCUT2D eigenvalue weighted by Gasteiger charge is 2.24. The van der Waals surface area contributed by atoms with Gasteiger partial charge in [-0.1, -0.05) is 12.8 Å². The second-order valence-corrected chi connectivity index (χ2v) is 5.02. The number of amides is 1. The van der Waals surface area contributed by atoms with Crippen molar-refractivity contribution >= 4 is 5.91 Å². The molecular formula is C14H28N2O3. The van der Waals surface area contributed by atoms with E-state index in [1.807, 2.05) is 4.90 Å². The third-order valence-electron chi connectivity index (χ3n) is 3.51. The molecule has 0 aromatic heterocycles. The van der Waals surface area contributed by atoms with Crippen molar-refractivity contribution in [3.8, 4) is 0 Å². The Kier molecular flexibility index (Phi) is 8.79. The molecule has 5 heteroatoms. The number of nitrogens with zero attached hydrogens (tertiary/aromatic N) is 1. The summed E-state index contributed by atoms with van der Waals surface area (Å²) in [6.07, 6.45) is 5.36. The van der Waals surface area contributed by atoms with Crippen molar-refractivity contribution < 1.29 is 14.3 Å². The lowest BCUT2D eigenvalue weighted by molar-refractivity contribution is -0.134. The fraction of sp³-hybridized carbons (Fsp3) is 0.929. The lowest BCUT2D eigenvalue weighted by atomic mass is 10.1. The quantitative estimate of drug-likeness (QED) is 0.671. The van der Waals surface area contributed by atoms with Crippen LogP contribution in [-0.4, -0.2) is 63.9 Å². The number of carbonyl (C=O) groups excluding carboxylic acids is 1. The summed E-state index contributed by atoms with van der Waals surface area (Å²) in [5.41, 5.74) is 0. The van der Waals surface area contributed by atoms with E-state index >= 15 is 0 Å². The zero-order valence-corrected chi connectivity index (χ0v) is 12.3. The molecule has 1 aliphatic heterocycles. The molecule has 1 amide bonds. The van der Waals surface area contributed by atoms with E-state index in [-0.39, 0.29) is 11.9 Å². The Labute approximate surface area is 116 Å². The van der Waals surface area contributed by atoms with Crippen LogP contribution in [-0.2, 0) is 14.3 Å². The summed E-state index contributed by atoms with van der Waals surface area (Å²) in [4.78, 5) is 14.4. The average Bonchev–Trinajstić information content (AvgIpc) is 2.71. The van der Waals surface area contributed by atoms with Crippen LogP contribution in [0.25, 0.3) is 0 Å². The molecule has 1 N–H and O–H groups in total. The maximum absolute atomic E-state index is 12.5. The summed E-state index contributed by atoms with van der Waals surface area (Å²) in [7, 11) is 3.36. The summed E-state index contributed by atoms with van der Waals surface area (Å²) >= 11 is 0. The lowest BCUT2D eigenvalue weighted by Crippen LogP contribution is -2.47. The van der Waals surface area contributed by atoms with Crippen molar-refractivity contribution in [2.24, 2.45) is 0 Å². The van der Waals surface area contributed by atoms with Crippen LogP contribution in [0.1, 0.15) is 32.1 Å². The molecule has 0 bridgehead atoms. The molecule has 0 spiro atoms. The molecule has 1 aliphatic rings. The van der Waals surface area contributed by atoms with Crippen molar-refractivity contribution in [2.75, 3.05) is 47.1 Å². The highest BCUT2D eigenvalue weighted by Crippen LogP contribution is 2.11. The number of carbonyl (C=O) groups is 1. The summed E-state index contributed by atoms with van der Waals surface area (Å²) in [6.45, 7) is 3.64. The van der Waals surface area contributed by atoms with E-state index in [0.29, 0.717) is 19.8 Å². The normalized spacial score (nSPS) is 20.0. The topological polar surface area (TPSA) is 50.8 Å². The first kappa shape index (κ1) is 16.4. The molecule has 0 radical (unpaired) electrons. The minimum absolute atomic E-state index is 0.0121. The molecule has 0 aromatic carbocycles. The first-order chi connectivity index (χ1) is 9.29. The smallest absolute Gasteiger partial charge is 0.239 e. The Morgan fingerprint density at radius 3 is 2.68 bits per heavy atom. The molecule has 1 rings (SSSR count). The van der Waals surface area contributed by atoms with Gasteiger partial charge in [0.05, 0.1) is 12.6 Å². The average molecular weight is 272 g/mol. The van der Waals surface area contributed by atoms with Gasteiger partial charge in [0.15, 0.2) is 0 Å². The second-order valence-electron chi connectivity index (χ2n) is 5.02. The Bertz CT molecular complexity index is 241. The van der Waals surface area contributed by atoms with Crippen LogP contribution in [0.2, 0.25) is 0 Å². The number of methoxy groups -OCH3 is 2. The highest BCUT2D eigenvalue weighted by atomic mass is 16.5. The van der Waals surface area contributed by atoms with Gasteiger partial charge in [0, 0.05) is 33.9 Å². The van der Waals surface area contributed by atoms with Crippen LogP contribution in [0.3, 0.4) is 0 Å². The minimum Gasteiger partial charge on any atom is -0.385 e. The van der Waals surface area contributed by atoms with Crippen molar-refractivity contribution in [3.63, 3.8) is 0 Å². The minimum atomic E-state index is -0.0121. The zero-order valence-electron chi connectivity index (χ0n) is 12.3. The van der Waals surface area contributed by atoms with Gasteiger partial charge in [-0.15, -0.1) is 0 Å². The van der Waals surface area contributed by atoms with E-state index in [2.05, 4.69) is 5.32 Å². The molecule has 0 aromatic rings. The van der Waals surface area contributed by atoms with E-state index in [9.17, 15) is 4.79 Å². The number of hydrogen-bond acceptors (Lipinski definition) is 4. The van der Waals surface area contributed by atoms with Gasteiger partial charge in [-0.25, -0.2) is 0 Å². The predicted octanol–water partition coefficient (Wildman–Crippen LogP) is 1.03. The van der Waals surface area contributed by atoms with E-state index in [1.54, 1.807) is 14.2 Å². The maximum Gasteiger partial charge on any atom is 0.239 e. The van der Waals surface area contributed by atoms with Gasteiger partial charge in [-0.3, -0.25) is 4.79 Å². The zero-order chi connectivity index (χ0) is 13.9. The Morgan fingerprint density at radius 2 is 1.95 bits per heavy atom. The molecule has 0 saturated carbocycles. The molecule has 1 saturated heterocycles. The standard InChI is InChI=1S/C14H28N2O3/c1-18-11-6-9-16(10-12-19-2)14(17)13-7-4-3-5-8-15-13/h13,15H,3-12H2,1-2H3. The number of nitrogens with one attached hydrogen (secondary N) is 1. The fourth-order valence-electron chi connectivity index (χ4n) is 2.39. The molecule has 1 fully saturated rings. The first-order valence-corrected chi connectivity index (χ1v) is 7.29. The van der Waals surface area contributed by atoms with Crippen LogP contribution in [0, 0.1) is 0 Å². The Balaban J connectivity index is 2.47. The van der Waals surface area contributed by atoms with E-state index in [0.717, 1.165) is 32.4 Å². The number of hydrogen-bond donors (Lipinski definition) is 1. The molecule has 19 heavy (non-hydrogen) atoms. The van der Waals surface area contributed by atoms with E-state index in [1.165, 1.54) is 12.8 Å². The van der Waals surface area contributed by atoms with Crippen LogP contribution in [0.15, 0.2) is 0 Å². The van der Waals surface area contributed by atoms with Crippen molar-refractivity contribution in [1.82, 2.24) is 10.2 Å². The van der Waals surface area contributed by atoms with Crippen LogP contribution in [0.4, 0.5) is 0 Å². The Hall–Kier alpha value is -0.650. The summed E-state index contributed by atoms with van der Waals surface area (Å²) < 4.78 is 10.2. The largest absolute Gasteiger partial charge is 0.385 e. The van der Waals surface area contributed by atoms with Gasteiger partial charge >= 0.3 is 0 Å². The van der Waals surface area contributed by atoms with Gasteiger partial charge in [0.25, 0.3) is 0 Å². The van der Waals surface area contributed by atoms with Crippen molar-refractivity contribution in [1.29, 1.82) is 0 Å². The van der Waals surface area contributed by atoms with Crippen LogP contribution >= 0.6 is 0 Å². The summed E-state index contributed by atoms with van der Waals surface area (Å²) in [6, 6.07) is -0.0121. The molecule has 1 unspecified atom stereocenters. The predicted molar refractivity (Wildman–Crippen MR) is 75.2 cm³/mol. The molecule has 5 nitrogen and oxygen atoms in total. The van der Waals surface area contributed by atoms with E-state index < -0.39 is 0 Å². The fourth-order valence-corrected chi connectivity index (χ4v) is 2.39. The van der Waals surface area contributed by atoms with Gasteiger partial charge < -0.3 is 19.7 Å². The first-order valence-electron chi connectivity index (χ1n) is 7.29. The molecule has 112 valence electrons. The highest BCUT2D eigenvalue weighted by molar-refractivity contribution is 5.81. The molecule has 1 heterocycles. The SMILES string of the molecule is COCCCN(CCOC)C(=O)C1CCCCCN1.